The second-order valence-electron chi connectivity index (χ2n) is 1.85. The summed E-state index contributed by atoms with van der Waals surface area (Å²) >= 11 is 6.60. The molecule has 1 rings (SSSR count). The van der Waals surface area contributed by atoms with E-state index in [1.165, 1.54) is 11.8 Å². The summed E-state index contributed by atoms with van der Waals surface area (Å²) in [6.07, 6.45) is 0. The molecule has 5 nitrogen and oxygen atoms in total. The van der Waals surface area contributed by atoms with Crippen molar-refractivity contribution in [2.75, 3.05) is 11.6 Å². The standard InChI is InChI=1S/C5H6ClN3O2S/c6-1-2-12-4-3(10)7-5(11)9-8-4/h1-2H2,(H2,7,9,10,11). The van der Waals surface area contributed by atoms with Gasteiger partial charge >= 0.3 is 5.69 Å². The van der Waals surface area contributed by atoms with Gasteiger partial charge in [-0.2, -0.15) is 5.10 Å². The molecule has 7 heteroatoms. The summed E-state index contributed by atoms with van der Waals surface area (Å²) in [5.41, 5.74) is -1.08. The molecule has 1 aromatic heterocycles. The first-order valence-corrected chi connectivity index (χ1v) is 4.64. The second-order valence-corrected chi connectivity index (χ2v) is 3.31. The molecule has 1 aromatic rings. The summed E-state index contributed by atoms with van der Waals surface area (Å²) in [5.74, 6) is 1.02. The largest absolute Gasteiger partial charge is 0.342 e. The Hall–Kier alpha value is -0.750. The highest BCUT2D eigenvalue weighted by molar-refractivity contribution is 7.99. The molecule has 0 aliphatic carbocycles. The maximum atomic E-state index is 10.9. The Morgan fingerprint density at radius 1 is 1.50 bits per heavy atom. The molecule has 0 unspecified atom stereocenters. The van der Waals surface area contributed by atoms with Crippen LogP contribution in [0.1, 0.15) is 0 Å². The van der Waals surface area contributed by atoms with Crippen molar-refractivity contribution in [1.82, 2.24) is 15.2 Å². The molecule has 12 heavy (non-hydrogen) atoms. The van der Waals surface area contributed by atoms with Gasteiger partial charge in [-0.05, 0) is 0 Å². The van der Waals surface area contributed by atoms with E-state index in [1.54, 1.807) is 0 Å². The molecule has 0 atom stereocenters. The van der Waals surface area contributed by atoms with Crippen LogP contribution in [0.4, 0.5) is 0 Å². The molecule has 0 saturated carbocycles. The molecule has 0 fully saturated rings. The van der Waals surface area contributed by atoms with Gasteiger partial charge in [0.2, 0.25) is 0 Å². The first-order valence-electron chi connectivity index (χ1n) is 3.12. The number of nitrogens with zero attached hydrogens (tertiary/aromatic N) is 1. The summed E-state index contributed by atoms with van der Waals surface area (Å²) in [5, 5.41) is 5.89. The van der Waals surface area contributed by atoms with E-state index >= 15 is 0 Å². The fraction of sp³-hybridized carbons (Fsp3) is 0.400. The lowest BCUT2D eigenvalue weighted by Crippen LogP contribution is -2.25. The molecule has 0 saturated heterocycles. The Labute approximate surface area is 76.5 Å². The van der Waals surface area contributed by atoms with Gasteiger partial charge in [-0.25, -0.2) is 9.89 Å². The van der Waals surface area contributed by atoms with Crippen LogP contribution in [-0.4, -0.2) is 26.8 Å². The number of H-pyrrole nitrogens is 2. The number of rotatable bonds is 3. The fourth-order valence-corrected chi connectivity index (χ4v) is 1.36. The average molecular weight is 208 g/mol. The van der Waals surface area contributed by atoms with E-state index in [0.717, 1.165) is 0 Å². The highest BCUT2D eigenvalue weighted by atomic mass is 35.5. The summed E-state index contributed by atoms with van der Waals surface area (Å²) in [4.78, 5) is 23.5. The number of halogens is 1. The molecule has 0 aromatic carbocycles. The third-order valence-electron chi connectivity index (χ3n) is 0.996. The number of hydrogen-bond donors (Lipinski definition) is 2. The van der Waals surface area contributed by atoms with Gasteiger partial charge in [0.25, 0.3) is 5.56 Å². The number of aromatic nitrogens is 3. The topological polar surface area (TPSA) is 78.6 Å². The highest BCUT2D eigenvalue weighted by Gasteiger charge is 2.00. The lowest BCUT2D eigenvalue weighted by atomic mass is 10.8. The minimum absolute atomic E-state index is 0.232. The lowest BCUT2D eigenvalue weighted by molar-refractivity contribution is 0.807. The molecular weight excluding hydrogens is 202 g/mol. The normalized spacial score (nSPS) is 10.1. The maximum Gasteiger partial charge on any atom is 0.342 e. The van der Waals surface area contributed by atoms with Crippen molar-refractivity contribution in [2.45, 2.75) is 5.03 Å². The monoisotopic (exact) mass is 207 g/mol. The lowest BCUT2D eigenvalue weighted by Gasteiger charge is -1.93. The van der Waals surface area contributed by atoms with Crippen LogP contribution in [0.2, 0.25) is 0 Å². The molecule has 0 radical (unpaired) electrons. The first-order chi connectivity index (χ1) is 5.74. The van der Waals surface area contributed by atoms with Crippen molar-refractivity contribution < 1.29 is 0 Å². The Morgan fingerprint density at radius 2 is 2.25 bits per heavy atom. The highest BCUT2D eigenvalue weighted by Crippen LogP contribution is 2.07. The van der Waals surface area contributed by atoms with Gasteiger partial charge in [0, 0.05) is 11.6 Å². The van der Waals surface area contributed by atoms with E-state index in [9.17, 15) is 9.59 Å². The van der Waals surface area contributed by atoms with Gasteiger partial charge in [-0.1, -0.05) is 11.8 Å². The molecule has 0 spiro atoms. The third-order valence-corrected chi connectivity index (χ3v) is 2.37. The van der Waals surface area contributed by atoms with Crippen LogP contribution in [0.3, 0.4) is 0 Å². The maximum absolute atomic E-state index is 10.9. The van der Waals surface area contributed by atoms with Crippen LogP contribution in [0.15, 0.2) is 14.6 Å². The summed E-state index contributed by atoms with van der Waals surface area (Å²) in [6, 6.07) is 0. The smallest absolute Gasteiger partial charge is 0.271 e. The molecule has 66 valence electrons. The third kappa shape index (κ3) is 2.38. The van der Waals surface area contributed by atoms with Crippen molar-refractivity contribution in [2.24, 2.45) is 0 Å². The van der Waals surface area contributed by atoms with Crippen molar-refractivity contribution >= 4 is 23.4 Å². The van der Waals surface area contributed by atoms with E-state index < -0.39 is 11.2 Å². The van der Waals surface area contributed by atoms with Gasteiger partial charge in [0.05, 0.1) is 0 Å². The Bertz CT molecular complexity index is 360. The van der Waals surface area contributed by atoms with E-state index in [-0.39, 0.29) is 5.03 Å². The Kier molecular flexibility index (Phi) is 3.36. The summed E-state index contributed by atoms with van der Waals surface area (Å²) < 4.78 is 0. The number of thioether (sulfide) groups is 1. The van der Waals surface area contributed by atoms with Crippen LogP contribution < -0.4 is 11.2 Å². The number of aromatic amines is 2. The van der Waals surface area contributed by atoms with Crippen molar-refractivity contribution in [1.29, 1.82) is 0 Å². The predicted octanol–water partition coefficient (Wildman–Crippen LogP) is -0.211. The van der Waals surface area contributed by atoms with Gasteiger partial charge in [-0.3, -0.25) is 9.78 Å². The molecule has 1 heterocycles. The van der Waals surface area contributed by atoms with E-state index in [4.69, 9.17) is 11.6 Å². The SMILES string of the molecule is O=c1[nH]nc(SCCCl)c(=O)[nH]1. The first kappa shape index (κ1) is 9.34. The summed E-state index contributed by atoms with van der Waals surface area (Å²) in [6.45, 7) is 0. The molecule has 0 amide bonds. The molecular formula is C5H6ClN3O2S. The van der Waals surface area contributed by atoms with E-state index in [1.807, 2.05) is 0 Å². The van der Waals surface area contributed by atoms with E-state index in [2.05, 4.69) is 15.2 Å². The summed E-state index contributed by atoms with van der Waals surface area (Å²) in [7, 11) is 0. The average Bonchev–Trinajstić information content (AvgIpc) is 2.03. The molecule has 2 N–H and O–H groups in total. The van der Waals surface area contributed by atoms with Crippen LogP contribution in [-0.2, 0) is 0 Å². The minimum atomic E-state index is -0.602. The predicted molar refractivity (Wildman–Crippen MR) is 46.9 cm³/mol. The van der Waals surface area contributed by atoms with Crippen LogP contribution in [0.25, 0.3) is 0 Å². The Balaban J connectivity index is 2.87. The van der Waals surface area contributed by atoms with Crippen molar-refractivity contribution in [3.05, 3.63) is 20.8 Å². The molecule has 0 bridgehead atoms. The quantitative estimate of drug-likeness (QED) is 0.531. The van der Waals surface area contributed by atoms with E-state index in [0.29, 0.717) is 11.6 Å². The van der Waals surface area contributed by atoms with Crippen molar-refractivity contribution in [3.63, 3.8) is 0 Å². The second kappa shape index (κ2) is 4.32. The number of alkyl halides is 1. The van der Waals surface area contributed by atoms with Gasteiger partial charge in [0.15, 0.2) is 5.03 Å². The van der Waals surface area contributed by atoms with Crippen LogP contribution in [0, 0.1) is 0 Å². The molecule has 0 aliphatic rings. The van der Waals surface area contributed by atoms with Gasteiger partial charge in [0.1, 0.15) is 0 Å². The van der Waals surface area contributed by atoms with Crippen LogP contribution in [0.5, 0.6) is 0 Å². The zero-order valence-corrected chi connectivity index (χ0v) is 7.54. The Morgan fingerprint density at radius 3 is 2.83 bits per heavy atom. The zero-order valence-electron chi connectivity index (χ0n) is 5.96. The number of hydrogen-bond acceptors (Lipinski definition) is 4. The van der Waals surface area contributed by atoms with Gasteiger partial charge in [-0.15, -0.1) is 11.6 Å². The molecule has 0 aliphatic heterocycles. The zero-order chi connectivity index (χ0) is 8.97. The number of nitrogens with one attached hydrogen (secondary N) is 2. The fourth-order valence-electron chi connectivity index (χ4n) is 0.570. The van der Waals surface area contributed by atoms with Crippen LogP contribution >= 0.6 is 23.4 Å². The van der Waals surface area contributed by atoms with Crippen molar-refractivity contribution in [3.8, 4) is 0 Å². The minimum Gasteiger partial charge on any atom is -0.271 e. The van der Waals surface area contributed by atoms with Gasteiger partial charge < -0.3 is 0 Å².